The van der Waals surface area contributed by atoms with Gasteiger partial charge in [0.2, 0.25) is 5.91 Å². The summed E-state index contributed by atoms with van der Waals surface area (Å²) in [5.41, 5.74) is 11.2. The number of anilines is 2. The Bertz CT molecular complexity index is 1630. The number of ether oxygens (including phenoxy) is 4. The van der Waals surface area contributed by atoms with Gasteiger partial charge in [-0.25, -0.2) is 24.1 Å². The first-order valence-corrected chi connectivity index (χ1v) is 15.0. The topological polar surface area (TPSA) is 255 Å². The molecule has 1 unspecified atom stereocenters. The van der Waals surface area contributed by atoms with Crippen molar-refractivity contribution in [2.24, 2.45) is 5.92 Å². The van der Waals surface area contributed by atoms with Crippen LogP contribution in [0.4, 0.5) is 16.0 Å². The minimum absolute atomic E-state index is 0.0162. The summed E-state index contributed by atoms with van der Waals surface area (Å²) in [5, 5.41) is 2.62. The van der Waals surface area contributed by atoms with Crippen LogP contribution in [0.1, 0.15) is 18.9 Å². The lowest BCUT2D eigenvalue weighted by Crippen LogP contribution is -2.43. The van der Waals surface area contributed by atoms with Crippen LogP contribution >= 0.6 is 7.82 Å². The molecule has 5 rings (SSSR count). The van der Waals surface area contributed by atoms with E-state index in [-0.39, 0.29) is 42.4 Å². The molecule has 0 aromatic carbocycles. The summed E-state index contributed by atoms with van der Waals surface area (Å²) in [6.07, 6.45) is -5.12. The molecular weight excluding hydrogens is 624 g/mol. The van der Waals surface area contributed by atoms with E-state index in [0.29, 0.717) is 0 Å². The number of hydrogen-bond donors (Lipinski definition) is 3. The number of alkyl halides is 1. The number of carbonyl (C=O) groups excluding carboxylic acids is 1. The second-order valence-electron chi connectivity index (χ2n) is 10.2. The van der Waals surface area contributed by atoms with Gasteiger partial charge in [-0.15, -0.1) is 0 Å². The van der Waals surface area contributed by atoms with Crippen molar-refractivity contribution < 1.29 is 46.6 Å². The molecule has 0 spiro atoms. The van der Waals surface area contributed by atoms with Gasteiger partial charge in [0.05, 0.1) is 19.0 Å². The Morgan fingerprint density at radius 2 is 1.89 bits per heavy atom. The fraction of sp³-hybridized carbons (Fsp3) is 0.583. The van der Waals surface area contributed by atoms with E-state index >= 15 is 4.39 Å². The van der Waals surface area contributed by atoms with Gasteiger partial charge in [0, 0.05) is 46.4 Å². The third kappa shape index (κ3) is 6.68. The quantitative estimate of drug-likeness (QED) is 0.191. The molecule has 2 aliphatic heterocycles. The number of phosphoric acid groups is 1. The summed E-state index contributed by atoms with van der Waals surface area (Å²) in [6.45, 7) is -0.330. The maximum atomic E-state index is 15.9. The van der Waals surface area contributed by atoms with E-state index in [1.807, 2.05) is 0 Å². The zero-order chi connectivity index (χ0) is 32.5. The molecule has 19 nitrogen and oxygen atoms in total. The maximum Gasteiger partial charge on any atom is 0.351 e. The van der Waals surface area contributed by atoms with Crippen molar-refractivity contribution in [2.45, 2.75) is 49.5 Å². The molecule has 2 saturated heterocycles. The Kier molecular flexibility index (Phi) is 9.75. The smallest absolute Gasteiger partial charge is 0.351 e. The van der Waals surface area contributed by atoms with E-state index < -0.39 is 68.4 Å². The van der Waals surface area contributed by atoms with Crippen LogP contribution in [0.3, 0.4) is 0 Å². The number of halogens is 1. The number of aromatic nitrogens is 6. The summed E-state index contributed by atoms with van der Waals surface area (Å²) >= 11 is 0. The van der Waals surface area contributed by atoms with Crippen molar-refractivity contribution in [3.05, 3.63) is 35.4 Å². The molecule has 0 aliphatic carbocycles. The van der Waals surface area contributed by atoms with E-state index in [2.05, 4.69) is 29.8 Å². The highest BCUT2D eigenvalue weighted by molar-refractivity contribution is 7.45. The summed E-state index contributed by atoms with van der Waals surface area (Å²) in [4.78, 5) is 53.8. The van der Waals surface area contributed by atoms with Gasteiger partial charge in [-0.3, -0.25) is 18.5 Å². The first kappa shape index (κ1) is 32.8. The first-order chi connectivity index (χ1) is 21.5. The second-order valence-corrected chi connectivity index (χ2v) is 11.7. The molecule has 5 heterocycles. The van der Waals surface area contributed by atoms with Crippen molar-refractivity contribution >= 4 is 36.5 Å². The lowest BCUT2D eigenvalue weighted by Gasteiger charge is -2.29. The molecule has 2 fully saturated rings. The Balaban J connectivity index is 1.32. The van der Waals surface area contributed by atoms with Crippen molar-refractivity contribution in [2.75, 3.05) is 45.9 Å². The van der Waals surface area contributed by atoms with Crippen molar-refractivity contribution in [3.63, 3.8) is 0 Å². The fourth-order valence-electron chi connectivity index (χ4n) is 5.40. The highest BCUT2D eigenvalue weighted by Crippen LogP contribution is 2.45. The Labute approximate surface area is 254 Å². The van der Waals surface area contributed by atoms with E-state index in [4.69, 9.17) is 34.9 Å². The number of rotatable bonds is 12. The Morgan fingerprint density at radius 1 is 1.13 bits per heavy atom. The highest BCUT2D eigenvalue weighted by atomic mass is 31.2. The number of imidazole rings is 1. The molecule has 21 heteroatoms. The van der Waals surface area contributed by atoms with E-state index in [0.717, 1.165) is 11.7 Å². The summed E-state index contributed by atoms with van der Waals surface area (Å²) in [5.74, 6) is -1.50. The zero-order valence-corrected chi connectivity index (χ0v) is 25.2. The molecule has 246 valence electrons. The number of methoxy groups -OCH3 is 2. The van der Waals surface area contributed by atoms with Gasteiger partial charge >= 0.3 is 5.69 Å². The third-order valence-electron chi connectivity index (χ3n) is 7.54. The zero-order valence-electron chi connectivity index (χ0n) is 24.3. The second kappa shape index (κ2) is 13.4. The van der Waals surface area contributed by atoms with Crippen molar-refractivity contribution in [1.29, 1.82) is 0 Å². The van der Waals surface area contributed by atoms with Crippen LogP contribution < -0.4 is 27.4 Å². The first-order valence-electron chi connectivity index (χ1n) is 13.5. The summed E-state index contributed by atoms with van der Waals surface area (Å²) in [7, 11) is -1.27. The minimum Gasteiger partial charge on any atom is -0.756 e. The van der Waals surface area contributed by atoms with Gasteiger partial charge in [-0.1, -0.05) is 0 Å². The van der Waals surface area contributed by atoms with Crippen LogP contribution in [0.5, 0.6) is 0 Å². The third-order valence-corrected chi connectivity index (χ3v) is 8.49. The summed E-state index contributed by atoms with van der Waals surface area (Å²) < 4.78 is 62.8. The van der Waals surface area contributed by atoms with Gasteiger partial charge < -0.3 is 49.7 Å². The van der Waals surface area contributed by atoms with Crippen LogP contribution in [0.2, 0.25) is 0 Å². The highest BCUT2D eigenvalue weighted by Gasteiger charge is 2.50. The lowest BCUT2D eigenvalue weighted by atomic mass is 9.95. The predicted octanol–water partition coefficient (Wildman–Crippen LogP) is -1.34. The molecule has 5 N–H and O–H groups in total. The number of hydrogen-bond acceptors (Lipinski definition) is 16. The molecule has 0 saturated carbocycles. The Morgan fingerprint density at radius 3 is 2.58 bits per heavy atom. The molecule has 9 atom stereocenters. The largest absolute Gasteiger partial charge is 0.756 e. The van der Waals surface area contributed by atoms with Gasteiger partial charge in [-0.2, -0.15) is 4.98 Å². The average molecular weight is 657 g/mol. The van der Waals surface area contributed by atoms with E-state index in [9.17, 15) is 19.0 Å². The monoisotopic (exact) mass is 656 g/mol. The van der Waals surface area contributed by atoms with Crippen LogP contribution in [-0.2, 0) is 37.4 Å². The van der Waals surface area contributed by atoms with Crippen LogP contribution in [-0.4, -0.2) is 100 Å². The average Bonchev–Trinajstić information content (AvgIpc) is 3.66. The molecule has 0 radical (unpaired) electrons. The molecule has 3 aromatic rings. The van der Waals surface area contributed by atoms with Gasteiger partial charge in [0.1, 0.15) is 36.0 Å². The number of fused-ring (bicyclic) bond motifs is 1. The van der Waals surface area contributed by atoms with E-state index in [1.54, 1.807) is 0 Å². The lowest BCUT2D eigenvalue weighted by molar-refractivity contribution is -0.231. The predicted molar refractivity (Wildman–Crippen MR) is 149 cm³/mol. The molecular formula is C24H32FN9O10P-. The van der Waals surface area contributed by atoms with Crippen LogP contribution in [0.25, 0.3) is 11.2 Å². The number of carbonyl (C=O) groups is 1. The van der Waals surface area contributed by atoms with Crippen molar-refractivity contribution in [3.8, 4) is 0 Å². The SMILES string of the molecule is COC[C@H]1O[C@@H](n2cnc3c(N)ncnc32)[C@H](F)[C@@H]1CC(=O)NC[C@H]1O[C@@H](n2ccc(N)nc2=O)[C@H](OC)[C@@H]1OP(=O)([O-])OC. The van der Waals surface area contributed by atoms with Gasteiger partial charge in [-0.05, 0) is 6.07 Å². The number of nitrogen functional groups attached to an aromatic ring is 2. The Hall–Kier alpha value is -3.62. The number of phosphoric ester groups is 1. The number of amides is 1. The number of nitrogens with zero attached hydrogens (tertiary/aromatic N) is 6. The van der Waals surface area contributed by atoms with Crippen LogP contribution in [0.15, 0.2) is 29.7 Å². The fourth-order valence-corrected chi connectivity index (χ4v) is 6.04. The van der Waals surface area contributed by atoms with E-state index in [1.165, 1.54) is 43.7 Å². The molecule has 2 aliphatic rings. The maximum absolute atomic E-state index is 15.9. The number of nitrogens with two attached hydrogens (primary N) is 2. The van der Waals surface area contributed by atoms with Crippen molar-refractivity contribution in [1.82, 2.24) is 34.4 Å². The van der Waals surface area contributed by atoms with Gasteiger partial charge in [0.15, 0.2) is 30.1 Å². The minimum atomic E-state index is -4.85. The normalized spacial score (nSPS) is 29.6. The van der Waals surface area contributed by atoms with Gasteiger partial charge in [0.25, 0.3) is 7.82 Å². The standard InChI is InChI=1S/C24H33FN9O10P/c1-39-8-13-11(16(25)22(43-13)34-10-31-17-20(27)29-9-30-21(17)34)6-15(35)28-7-12-18(44-45(37,38)41-3)19(40-2)23(42-12)33-5-4-14(26)32-24(33)36/h4-5,9-13,16,18-19,22-23H,6-8H2,1-3H3,(H,28,35)(H,37,38)(H2,26,32,36)(H2,27,29,30)/p-1/t11-,12-,13-,16-,18-,19-,22-,23-/m1/s1. The molecule has 3 aromatic heterocycles. The molecule has 45 heavy (non-hydrogen) atoms. The summed E-state index contributed by atoms with van der Waals surface area (Å²) in [6, 6.07) is 1.34. The molecule has 1 amide bonds. The van der Waals surface area contributed by atoms with Crippen LogP contribution in [0, 0.1) is 5.92 Å². The number of nitrogens with one attached hydrogen (secondary N) is 1. The molecule has 0 bridgehead atoms.